The molecule has 0 radical (unpaired) electrons. The highest BCUT2D eigenvalue weighted by Gasteiger charge is 2.07. The molecule has 3 rings (SSSR count). The van der Waals surface area contributed by atoms with Crippen LogP contribution in [0.2, 0.25) is 0 Å². The van der Waals surface area contributed by atoms with Crippen molar-refractivity contribution in [3.63, 3.8) is 0 Å². The highest BCUT2D eigenvalue weighted by atomic mass is 19.1. The number of halogens is 1. The first-order chi connectivity index (χ1) is 9.78. The van der Waals surface area contributed by atoms with Gasteiger partial charge in [0.05, 0.1) is 7.11 Å². The fourth-order valence-electron chi connectivity index (χ4n) is 2.00. The van der Waals surface area contributed by atoms with Crippen LogP contribution in [-0.4, -0.2) is 21.7 Å². The summed E-state index contributed by atoms with van der Waals surface area (Å²) < 4.78 is 20.1. The summed E-state index contributed by atoms with van der Waals surface area (Å²) in [5.41, 5.74) is 1.61. The van der Waals surface area contributed by atoms with Crippen LogP contribution in [0.15, 0.2) is 42.6 Å². The van der Waals surface area contributed by atoms with Gasteiger partial charge in [0.15, 0.2) is 5.65 Å². The summed E-state index contributed by atoms with van der Waals surface area (Å²) in [7, 11) is 1.52. The third kappa shape index (κ3) is 2.27. The second kappa shape index (κ2) is 5.16. The van der Waals surface area contributed by atoms with E-state index in [-0.39, 0.29) is 5.82 Å². The zero-order chi connectivity index (χ0) is 13.9. The number of ether oxygens (including phenoxy) is 1. The lowest BCUT2D eigenvalue weighted by molar-refractivity contribution is 0.406. The Labute approximate surface area is 115 Å². The van der Waals surface area contributed by atoms with Gasteiger partial charge in [0.1, 0.15) is 11.6 Å². The van der Waals surface area contributed by atoms with Crippen LogP contribution in [0.5, 0.6) is 5.75 Å². The first-order valence-electron chi connectivity index (χ1n) is 6.14. The van der Waals surface area contributed by atoms with E-state index in [4.69, 9.17) is 4.74 Å². The third-order valence-electron chi connectivity index (χ3n) is 3.00. The minimum atomic E-state index is -0.321. The molecular formula is C14H13FN4O. The van der Waals surface area contributed by atoms with Gasteiger partial charge in [-0.05, 0) is 18.2 Å². The van der Waals surface area contributed by atoms with Gasteiger partial charge in [-0.25, -0.2) is 4.39 Å². The molecule has 102 valence electrons. The minimum Gasteiger partial charge on any atom is -0.496 e. The van der Waals surface area contributed by atoms with Crippen molar-refractivity contribution in [2.45, 2.75) is 6.54 Å². The Morgan fingerprint density at radius 2 is 2.15 bits per heavy atom. The molecule has 0 unspecified atom stereocenters. The molecule has 1 N–H and O–H groups in total. The lowest BCUT2D eigenvalue weighted by Gasteiger charge is -2.09. The summed E-state index contributed by atoms with van der Waals surface area (Å²) >= 11 is 0. The van der Waals surface area contributed by atoms with Gasteiger partial charge in [-0.15, -0.1) is 10.2 Å². The van der Waals surface area contributed by atoms with E-state index in [0.717, 1.165) is 11.2 Å². The van der Waals surface area contributed by atoms with Crippen molar-refractivity contribution in [1.82, 2.24) is 14.6 Å². The summed E-state index contributed by atoms with van der Waals surface area (Å²) in [5.74, 6) is 0.817. The number of benzene rings is 1. The highest BCUT2D eigenvalue weighted by molar-refractivity contribution is 5.45. The second-order valence-corrected chi connectivity index (χ2v) is 4.26. The number of hydrogen-bond acceptors (Lipinski definition) is 4. The Balaban J connectivity index is 1.83. The molecule has 5 nitrogen and oxygen atoms in total. The Morgan fingerprint density at radius 1 is 1.25 bits per heavy atom. The summed E-state index contributed by atoms with van der Waals surface area (Å²) in [6, 6.07) is 10.1. The molecule has 0 aliphatic heterocycles. The molecule has 0 saturated heterocycles. The fourth-order valence-corrected chi connectivity index (χ4v) is 2.00. The van der Waals surface area contributed by atoms with Gasteiger partial charge in [0.2, 0.25) is 5.95 Å². The molecule has 6 heteroatoms. The Morgan fingerprint density at radius 3 is 3.00 bits per heavy atom. The first-order valence-corrected chi connectivity index (χ1v) is 6.14. The zero-order valence-corrected chi connectivity index (χ0v) is 10.9. The molecule has 0 spiro atoms. The second-order valence-electron chi connectivity index (χ2n) is 4.26. The molecule has 0 bridgehead atoms. The summed E-state index contributed by atoms with van der Waals surface area (Å²) in [4.78, 5) is 0. The fraction of sp³-hybridized carbons (Fsp3) is 0.143. The molecule has 0 aliphatic rings. The molecule has 0 fully saturated rings. The lowest BCUT2D eigenvalue weighted by atomic mass is 10.2. The third-order valence-corrected chi connectivity index (χ3v) is 3.00. The molecule has 0 atom stereocenters. The SMILES string of the molecule is COc1cc(F)ccc1CNc1nnc2ccccn12. The predicted octanol–water partition coefficient (Wildman–Crippen LogP) is 2.49. The number of hydrogen-bond donors (Lipinski definition) is 1. The van der Waals surface area contributed by atoms with E-state index in [1.165, 1.54) is 19.2 Å². The van der Waals surface area contributed by atoms with Gasteiger partial charge in [0.25, 0.3) is 0 Å². The number of nitrogens with zero attached hydrogens (tertiary/aromatic N) is 3. The Hall–Kier alpha value is -2.63. The predicted molar refractivity (Wildman–Crippen MR) is 73.3 cm³/mol. The minimum absolute atomic E-state index is 0.321. The van der Waals surface area contributed by atoms with E-state index in [0.29, 0.717) is 18.2 Å². The molecule has 3 aromatic rings. The molecular weight excluding hydrogens is 259 g/mol. The van der Waals surface area contributed by atoms with E-state index < -0.39 is 0 Å². The number of pyridine rings is 1. The van der Waals surface area contributed by atoms with Gasteiger partial charge >= 0.3 is 0 Å². The van der Waals surface area contributed by atoms with Gasteiger partial charge in [0, 0.05) is 24.4 Å². The van der Waals surface area contributed by atoms with Crippen LogP contribution in [0, 0.1) is 5.82 Å². The molecule has 2 heterocycles. The molecule has 2 aromatic heterocycles. The largest absolute Gasteiger partial charge is 0.496 e. The van der Waals surface area contributed by atoms with Crippen molar-refractivity contribution in [2.24, 2.45) is 0 Å². The maximum atomic E-state index is 13.1. The van der Waals surface area contributed by atoms with Crippen molar-refractivity contribution >= 4 is 11.6 Å². The number of rotatable bonds is 4. The molecule has 0 amide bonds. The topological polar surface area (TPSA) is 51.5 Å². The summed E-state index contributed by atoms with van der Waals surface area (Å²) in [6.45, 7) is 0.471. The number of methoxy groups -OCH3 is 1. The Kier molecular flexibility index (Phi) is 3.20. The average molecular weight is 272 g/mol. The van der Waals surface area contributed by atoms with Gasteiger partial charge in [-0.3, -0.25) is 4.40 Å². The quantitative estimate of drug-likeness (QED) is 0.792. The van der Waals surface area contributed by atoms with Crippen LogP contribution in [0.25, 0.3) is 5.65 Å². The molecule has 20 heavy (non-hydrogen) atoms. The summed E-state index contributed by atoms with van der Waals surface area (Å²) in [6.07, 6.45) is 1.87. The van der Waals surface area contributed by atoms with Crippen molar-refractivity contribution < 1.29 is 9.13 Å². The highest BCUT2D eigenvalue weighted by Crippen LogP contribution is 2.20. The van der Waals surface area contributed by atoms with Crippen molar-refractivity contribution in [3.05, 3.63) is 54.0 Å². The monoisotopic (exact) mass is 272 g/mol. The van der Waals surface area contributed by atoms with Crippen molar-refractivity contribution in [3.8, 4) is 5.75 Å². The van der Waals surface area contributed by atoms with Gasteiger partial charge in [-0.2, -0.15) is 0 Å². The maximum absolute atomic E-state index is 13.1. The van der Waals surface area contributed by atoms with E-state index in [9.17, 15) is 4.39 Å². The first kappa shape index (κ1) is 12.4. The summed E-state index contributed by atoms with van der Waals surface area (Å²) in [5, 5.41) is 11.3. The number of aromatic nitrogens is 3. The Bertz CT molecular complexity index is 741. The van der Waals surface area contributed by atoms with E-state index in [1.54, 1.807) is 6.07 Å². The van der Waals surface area contributed by atoms with Crippen LogP contribution >= 0.6 is 0 Å². The lowest BCUT2D eigenvalue weighted by Crippen LogP contribution is -2.05. The molecule has 0 saturated carbocycles. The van der Waals surface area contributed by atoms with E-state index in [2.05, 4.69) is 15.5 Å². The number of anilines is 1. The maximum Gasteiger partial charge on any atom is 0.229 e. The average Bonchev–Trinajstić information content (AvgIpc) is 2.89. The van der Waals surface area contributed by atoms with Crippen LogP contribution in [0.1, 0.15) is 5.56 Å². The molecule has 0 aliphatic carbocycles. The van der Waals surface area contributed by atoms with Crippen LogP contribution in [-0.2, 0) is 6.54 Å². The van der Waals surface area contributed by atoms with Crippen LogP contribution in [0.4, 0.5) is 10.3 Å². The van der Waals surface area contributed by atoms with Gasteiger partial charge in [-0.1, -0.05) is 12.1 Å². The van der Waals surface area contributed by atoms with E-state index >= 15 is 0 Å². The van der Waals surface area contributed by atoms with Crippen molar-refractivity contribution in [2.75, 3.05) is 12.4 Å². The number of nitrogens with one attached hydrogen (secondary N) is 1. The smallest absolute Gasteiger partial charge is 0.229 e. The van der Waals surface area contributed by atoms with Gasteiger partial charge < -0.3 is 10.1 Å². The van der Waals surface area contributed by atoms with E-state index in [1.807, 2.05) is 28.8 Å². The van der Waals surface area contributed by atoms with Crippen LogP contribution in [0.3, 0.4) is 0 Å². The standard InChI is InChI=1S/C14H13FN4O/c1-20-12-8-11(15)6-5-10(12)9-16-14-18-17-13-4-2-3-7-19(13)14/h2-8H,9H2,1H3,(H,16,18). The molecule has 1 aromatic carbocycles. The van der Waals surface area contributed by atoms with Crippen LogP contribution < -0.4 is 10.1 Å². The normalized spacial score (nSPS) is 10.7. The number of fused-ring (bicyclic) bond motifs is 1. The zero-order valence-electron chi connectivity index (χ0n) is 10.9. The van der Waals surface area contributed by atoms with Crippen molar-refractivity contribution in [1.29, 1.82) is 0 Å².